The zero-order chi connectivity index (χ0) is 25.0. The molecule has 10 nitrogen and oxygen atoms in total. The molecule has 0 heterocycles. The van der Waals surface area contributed by atoms with Gasteiger partial charge in [0.15, 0.2) is 0 Å². The molecule has 1 fully saturated rings. The Bertz CT molecular complexity index is 652. The first kappa shape index (κ1) is 28.7. The molecule has 33 heavy (non-hydrogen) atoms. The van der Waals surface area contributed by atoms with E-state index in [1.807, 2.05) is 13.8 Å². The molecule has 0 radical (unpaired) electrons. The summed E-state index contributed by atoms with van der Waals surface area (Å²) in [7, 11) is 0. The Morgan fingerprint density at radius 2 is 1.61 bits per heavy atom. The number of esters is 1. The monoisotopic (exact) mass is 472 g/mol. The van der Waals surface area contributed by atoms with Gasteiger partial charge >= 0.3 is 12.1 Å². The van der Waals surface area contributed by atoms with Crippen molar-refractivity contribution in [2.75, 3.05) is 13.2 Å². The van der Waals surface area contributed by atoms with Crippen LogP contribution in [0.15, 0.2) is 0 Å². The highest BCUT2D eigenvalue weighted by molar-refractivity contribution is 5.89. The van der Waals surface area contributed by atoms with Crippen molar-refractivity contribution in [3.63, 3.8) is 0 Å². The molecule has 0 saturated heterocycles. The lowest BCUT2D eigenvalue weighted by Crippen LogP contribution is -2.50. The first-order chi connectivity index (χ1) is 15.5. The van der Waals surface area contributed by atoms with Crippen LogP contribution < -0.4 is 10.6 Å². The molecule has 2 N–H and O–H groups in total. The molecule has 0 aliphatic heterocycles. The van der Waals surface area contributed by atoms with Crippen LogP contribution in [0.1, 0.15) is 73.6 Å². The van der Waals surface area contributed by atoms with E-state index in [1.165, 1.54) is 13.3 Å². The van der Waals surface area contributed by atoms with E-state index in [4.69, 9.17) is 18.9 Å². The van der Waals surface area contributed by atoms with Crippen molar-refractivity contribution in [1.82, 2.24) is 10.6 Å². The summed E-state index contributed by atoms with van der Waals surface area (Å²) in [4.78, 5) is 48.3. The lowest BCUT2D eigenvalue weighted by atomic mass is 9.88. The molecule has 0 bridgehead atoms. The average Bonchev–Trinajstić information content (AvgIpc) is 2.69. The van der Waals surface area contributed by atoms with Gasteiger partial charge in [-0.05, 0) is 44.9 Å². The quantitative estimate of drug-likeness (QED) is 0.328. The Hall–Kier alpha value is -2.36. The zero-order valence-electron chi connectivity index (χ0n) is 20.7. The number of hydrogen-bond donors (Lipinski definition) is 2. The minimum Gasteiger partial charge on any atom is -0.431 e. The van der Waals surface area contributed by atoms with Crippen molar-refractivity contribution >= 4 is 23.9 Å². The van der Waals surface area contributed by atoms with Gasteiger partial charge in [-0.25, -0.2) is 4.79 Å². The second-order valence-corrected chi connectivity index (χ2v) is 9.17. The minimum absolute atomic E-state index is 0.0543. The lowest BCUT2D eigenvalue weighted by molar-refractivity contribution is -0.168. The molecule has 2 amide bonds. The molecule has 1 rings (SSSR count). The minimum atomic E-state index is -1.17. The van der Waals surface area contributed by atoms with E-state index in [-0.39, 0.29) is 30.6 Å². The van der Waals surface area contributed by atoms with Crippen LogP contribution in [-0.4, -0.2) is 61.6 Å². The predicted molar refractivity (Wildman–Crippen MR) is 120 cm³/mol. The number of hydrogen-bond acceptors (Lipinski definition) is 8. The molecule has 1 saturated carbocycles. The van der Waals surface area contributed by atoms with E-state index in [2.05, 4.69) is 17.6 Å². The summed E-state index contributed by atoms with van der Waals surface area (Å²) in [5, 5.41) is 5.15. The molecule has 190 valence electrons. The molecule has 0 aromatic carbocycles. The van der Waals surface area contributed by atoms with Crippen molar-refractivity contribution < 1.29 is 38.1 Å². The molecule has 1 aliphatic rings. The van der Waals surface area contributed by atoms with Crippen molar-refractivity contribution in [1.29, 1.82) is 0 Å². The normalized spacial score (nSPS) is 20.0. The maximum Gasteiger partial charge on any atom is 0.511 e. The van der Waals surface area contributed by atoms with Crippen molar-refractivity contribution in [3.8, 4) is 0 Å². The van der Waals surface area contributed by atoms with E-state index >= 15 is 0 Å². The van der Waals surface area contributed by atoms with Gasteiger partial charge in [0.2, 0.25) is 18.1 Å². The predicted octanol–water partition coefficient (Wildman–Crippen LogP) is 2.68. The fraction of sp³-hybridized carbons (Fsp3) is 0.826. The second kappa shape index (κ2) is 14.7. The van der Waals surface area contributed by atoms with E-state index in [1.54, 1.807) is 13.8 Å². The van der Waals surface area contributed by atoms with E-state index in [0.29, 0.717) is 12.3 Å². The van der Waals surface area contributed by atoms with Gasteiger partial charge in [-0.2, -0.15) is 0 Å². The Morgan fingerprint density at radius 1 is 0.939 bits per heavy atom. The Labute approximate surface area is 196 Å². The summed E-state index contributed by atoms with van der Waals surface area (Å²) in [5.74, 6) is -1.13. The van der Waals surface area contributed by atoms with Gasteiger partial charge in [-0.3, -0.25) is 14.4 Å². The van der Waals surface area contributed by atoms with Gasteiger partial charge in [0.25, 0.3) is 0 Å². The third kappa shape index (κ3) is 12.5. The number of ether oxygens (including phenoxy) is 4. The smallest absolute Gasteiger partial charge is 0.431 e. The van der Waals surface area contributed by atoms with Gasteiger partial charge in [0.05, 0.1) is 12.2 Å². The summed E-state index contributed by atoms with van der Waals surface area (Å²) < 4.78 is 20.3. The van der Waals surface area contributed by atoms with Crippen LogP contribution in [-0.2, 0) is 33.3 Å². The number of carbonyl (C=O) groups excluding carboxylic acids is 4. The highest BCUT2D eigenvalue weighted by atomic mass is 16.8. The largest absolute Gasteiger partial charge is 0.511 e. The second-order valence-electron chi connectivity index (χ2n) is 9.17. The van der Waals surface area contributed by atoms with Crippen LogP contribution in [0.25, 0.3) is 0 Å². The van der Waals surface area contributed by atoms with Gasteiger partial charge in [0, 0.05) is 6.92 Å². The van der Waals surface area contributed by atoms with Crippen molar-refractivity contribution in [3.05, 3.63) is 0 Å². The van der Waals surface area contributed by atoms with Gasteiger partial charge in [0.1, 0.15) is 19.2 Å². The van der Waals surface area contributed by atoms with E-state index in [9.17, 15) is 19.2 Å². The van der Waals surface area contributed by atoms with Crippen molar-refractivity contribution in [2.24, 2.45) is 11.8 Å². The number of rotatable bonds is 12. The topological polar surface area (TPSA) is 129 Å². The molecule has 0 aromatic heterocycles. The van der Waals surface area contributed by atoms with Gasteiger partial charge in [-0.15, -0.1) is 0 Å². The van der Waals surface area contributed by atoms with Crippen LogP contribution in [0.3, 0.4) is 0 Å². The fourth-order valence-electron chi connectivity index (χ4n) is 3.54. The fourth-order valence-corrected chi connectivity index (χ4v) is 3.54. The summed E-state index contributed by atoms with van der Waals surface area (Å²) >= 11 is 0. The van der Waals surface area contributed by atoms with Crippen LogP contribution in [0.2, 0.25) is 0 Å². The summed E-state index contributed by atoms with van der Waals surface area (Å²) in [6.45, 7) is 10.1. The lowest BCUT2D eigenvalue weighted by Gasteiger charge is -2.28. The Morgan fingerprint density at radius 3 is 2.21 bits per heavy atom. The van der Waals surface area contributed by atoms with E-state index < -0.39 is 36.9 Å². The SMILES string of the molecule is CC(C)C[C@H](NC(=O)COC1CCCCC1C)C(=O)NCC(=O)OC(C)OC(=O)OC(C)C. The standard InChI is InChI=1S/C23H40N2O8/c1-14(2)11-18(25-20(26)13-30-19-10-8-7-9-16(19)5)22(28)24-12-21(27)32-17(6)33-23(29)31-15(3)4/h14-19H,7-13H2,1-6H3,(H,24,28)(H,25,26)/t16?,17?,18-,19?/m0/s1. The highest BCUT2D eigenvalue weighted by Gasteiger charge is 2.26. The highest BCUT2D eigenvalue weighted by Crippen LogP contribution is 2.26. The third-order valence-corrected chi connectivity index (χ3v) is 5.12. The molecule has 0 spiro atoms. The first-order valence-corrected chi connectivity index (χ1v) is 11.7. The maximum atomic E-state index is 12.6. The molecular formula is C23H40N2O8. The third-order valence-electron chi connectivity index (χ3n) is 5.12. The zero-order valence-corrected chi connectivity index (χ0v) is 20.7. The number of nitrogens with one attached hydrogen (secondary N) is 2. The van der Waals surface area contributed by atoms with Crippen molar-refractivity contribution in [2.45, 2.75) is 98.2 Å². The Kier molecular flexibility index (Phi) is 12.8. The van der Waals surface area contributed by atoms with Gasteiger partial charge < -0.3 is 29.6 Å². The molecule has 4 atom stereocenters. The average molecular weight is 473 g/mol. The van der Waals surface area contributed by atoms with Crippen LogP contribution >= 0.6 is 0 Å². The molecule has 3 unspecified atom stereocenters. The Balaban J connectivity index is 2.46. The van der Waals surface area contributed by atoms with E-state index in [0.717, 1.165) is 19.3 Å². The number of carbonyl (C=O) groups is 4. The van der Waals surface area contributed by atoms with Crippen LogP contribution in [0, 0.1) is 11.8 Å². The van der Waals surface area contributed by atoms with Crippen LogP contribution in [0.4, 0.5) is 4.79 Å². The first-order valence-electron chi connectivity index (χ1n) is 11.7. The molecule has 10 heteroatoms. The molecule has 0 aromatic rings. The van der Waals surface area contributed by atoms with Crippen LogP contribution in [0.5, 0.6) is 0 Å². The molecule has 1 aliphatic carbocycles. The maximum absolute atomic E-state index is 12.6. The summed E-state index contributed by atoms with van der Waals surface area (Å²) in [5.41, 5.74) is 0. The summed E-state index contributed by atoms with van der Waals surface area (Å²) in [6.07, 6.45) is 2.24. The summed E-state index contributed by atoms with van der Waals surface area (Å²) in [6, 6.07) is -0.813. The molecular weight excluding hydrogens is 432 g/mol. The van der Waals surface area contributed by atoms with Gasteiger partial charge in [-0.1, -0.05) is 33.6 Å². The number of amides is 2.